The number of benzene rings is 2. The number of hydrogen-bond acceptors (Lipinski definition) is 4. The summed E-state index contributed by atoms with van der Waals surface area (Å²) in [6.45, 7) is 1.41. The molecule has 2 rings (SSSR count). The molecule has 0 heterocycles. The number of amides is 2. The summed E-state index contributed by atoms with van der Waals surface area (Å²) >= 11 is 3.26. The highest BCUT2D eigenvalue weighted by Gasteiger charge is 2.11. The van der Waals surface area contributed by atoms with Crippen LogP contribution in [0.5, 0.6) is 0 Å². The van der Waals surface area contributed by atoms with Crippen molar-refractivity contribution in [2.45, 2.75) is 6.92 Å². The van der Waals surface area contributed by atoms with Crippen LogP contribution in [0.3, 0.4) is 0 Å². The van der Waals surface area contributed by atoms with Crippen LogP contribution in [0.4, 0.5) is 0 Å². The Morgan fingerprint density at radius 2 is 1.50 bits per heavy atom. The second kappa shape index (κ2) is 8.26. The van der Waals surface area contributed by atoms with Gasteiger partial charge in [0.15, 0.2) is 6.61 Å². The van der Waals surface area contributed by atoms with Gasteiger partial charge in [0.1, 0.15) is 0 Å². The molecular weight excluding hydrogens is 376 g/mol. The van der Waals surface area contributed by atoms with Crippen LogP contribution in [-0.4, -0.2) is 24.4 Å². The quantitative estimate of drug-likeness (QED) is 0.619. The van der Waals surface area contributed by atoms with E-state index >= 15 is 0 Å². The predicted octanol–water partition coefficient (Wildman–Crippen LogP) is 2.38. The van der Waals surface area contributed by atoms with E-state index in [1.165, 1.54) is 0 Å². The normalized spacial score (nSPS) is 9.92. The average Bonchev–Trinajstić information content (AvgIpc) is 2.58. The molecule has 2 N–H and O–H groups in total. The first-order valence-corrected chi connectivity index (χ1v) is 7.83. The molecule has 0 fully saturated rings. The van der Waals surface area contributed by atoms with Crippen LogP contribution < -0.4 is 10.9 Å². The third kappa shape index (κ3) is 5.20. The van der Waals surface area contributed by atoms with E-state index in [2.05, 4.69) is 26.8 Å². The lowest BCUT2D eigenvalue weighted by atomic mass is 10.1. The van der Waals surface area contributed by atoms with Crippen molar-refractivity contribution in [1.82, 2.24) is 10.9 Å². The highest BCUT2D eigenvalue weighted by molar-refractivity contribution is 9.10. The molecule has 0 aliphatic heterocycles. The molecule has 124 valence electrons. The SMILES string of the molecule is Cc1ccc(C(=O)OCC(=O)NNC(=O)c2ccc(Br)cc2)cc1. The van der Waals surface area contributed by atoms with Gasteiger partial charge in [-0.25, -0.2) is 4.79 Å². The van der Waals surface area contributed by atoms with E-state index in [9.17, 15) is 14.4 Å². The van der Waals surface area contributed by atoms with Crippen LogP contribution in [0.25, 0.3) is 0 Å². The summed E-state index contributed by atoms with van der Waals surface area (Å²) in [4.78, 5) is 35.2. The number of halogens is 1. The second-order valence-corrected chi connectivity index (χ2v) is 5.87. The smallest absolute Gasteiger partial charge is 0.338 e. The molecule has 0 aliphatic rings. The summed E-state index contributed by atoms with van der Waals surface area (Å²) in [5.41, 5.74) is 6.18. The van der Waals surface area contributed by atoms with Crippen molar-refractivity contribution in [3.05, 3.63) is 69.7 Å². The standard InChI is InChI=1S/C17H15BrN2O4/c1-11-2-4-13(5-3-11)17(23)24-10-15(21)19-20-16(22)12-6-8-14(18)9-7-12/h2-9H,10H2,1H3,(H,19,21)(H,20,22). The summed E-state index contributed by atoms with van der Waals surface area (Å²) in [5, 5.41) is 0. The summed E-state index contributed by atoms with van der Waals surface area (Å²) in [7, 11) is 0. The first-order chi connectivity index (χ1) is 11.5. The number of rotatable bonds is 4. The molecule has 0 bridgehead atoms. The van der Waals surface area contributed by atoms with Crippen molar-refractivity contribution in [3.8, 4) is 0 Å². The number of carbonyl (C=O) groups is 3. The Balaban J connectivity index is 1.77. The van der Waals surface area contributed by atoms with Crippen molar-refractivity contribution in [1.29, 1.82) is 0 Å². The molecule has 0 saturated heterocycles. The lowest BCUT2D eigenvalue weighted by molar-refractivity contribution is -0.125. The molecule has 0 atom stereocenters. The summed E-state index contributed by atoms with van der Waals surface area (Å²) in [5.74, 6) is -1.72. The molecule has 2 aromatic rings. The zero-order chi connectivity index (χ0) is 17.5. The van der Waals surface area contributed by atoms with E-state index in [4.69, 9.17) is 4.74 Å². The molecule has 24 heavy (non-hydrogen) atoms. The minimum absolute atomic E-state index is 0.354. The van der Waals surface area contributed by atoms with Crippen LogP contribution in [0.2, 0.25) is 0 Å². The molecule has 0 unspecified atom stereocenters. The predicted molar refractivity (Wildman–Crippen MR) is 91.2 cm³/mol. The number of ether oxygens (including phenoxy) is 1. The Kier molecular flexibility index (Phi) is 6.08. The molecule has 0 spiro atoms. The Bertz CT molecular complexity index is 679. The van der Waals surface area contributed by atoms with Crippen molar-refractivity contribution in [3.63, 3.8) is 0 Å². The van der Waals surface area contributed by atoms with Gasteiger partial charge in [-0.3, -0.25) is 20.4 Å². The van der Waals surface area contributed by atoms with Crippen molar-refractivity contribution < 1.29 is 19.1 Å². The molecule has 0 aliphatic carbocycles. The maximum absolute atomic E-state index is 11.8. The van der Waals surface area contributed by atoms with E-state index in [1.54, 1.807) is 48.5 Å². The molecule has 0 aromatic heterocycles. The Morgan fingerprint density at radius 1 is 0.917 bits per heavy atom. The highest BCUT2D eigenvalue weighted by Crippen LogP contribution is 2.10. The van der Waals surface area contributed by atoms with Gasteiger partial charge in [-0.2, -0.15) is 0 Å². The molecule has 7 heteroatoms. The fourth-order valence-corrected chi connectivity index (χ4v) is 2.00. The first kappa shape index (κ1) is 17.7. The number of esters is 1. The largest absolute Gasteiger partial charge is 0.452 e. The van der Waals surface area contributed by atoms with E-state index in [1.807, 2.05) is 6.92 Å². The summed E-state index contributed by atoms with van der Waals surface area (Å²) in [6.07, 6.45) is 0. The fourth-order valence-electron chi connectivity index (χ4n) is 1.74. The van der Waals surface area contributed by atoms with Crippen LogP contribution >= 0.6 is 15.9 Å². The van der Waals surface area contributed by atoms with Gasteiger partial charge in [0.2, 0.25) is 0 Å². The van der Waals surface area contributed by atoms with Crippen LogP contribution in [0.15, 0.2) is 53.0 Å². The van der Waals surface area contributed by atoms with Gasteiger partial charge in [-0.1, -0.05) is 33.6 Å². The third-order valence-corrected chi connectivity index (χ3v) is 3.57. The van der Waals surface area contributed by atoms with Crippen LogP contribution in [0, 0.1) is 6.92 Å². The topological polar surface area (TPSA) is 84.5 Å². The lowest BCUT2D eigenvalue weighted by Gasteiger charge is -2.08. The zero-order valence-corrected chi connectivity index (χ0v) is 14.4. The molecule has 0 radical (unpaired) electrons. The highest BCUT2D eigenvalue weighted by atomic mass is 79.9. The Hall–Kier alpha value is -2.67. The van der Waals surface area contributed by atoms with Gasteiger partial charge < -0.3 is 4.74 Å². The average molecular weight is 391 g/mol. The van der Waals surface area contributed by atoms with Gasteiger partial charge in [0, 0.05) is 10.0 Å². The van der Waals surface area contributed by atoms with Crippen LogP contribution in [0.1, 0.15) is 26.3 Å². The lowest BCUT2D eigenvalue weighted by Crippen LogP contribution is -2.43. The minimum Gasteiger partial charge on any atom is -0.452 e. The third-order valence-electron chi connectivity index (χ3n) is 3.04. The van der Waals surface area contributed by atoms with Crippen molar-refractivity contribution in [2.75, 3.05) is 6.61 Å². The molecule has 2 amide bonds. The van der Waals surface area contributed by atoms with Gasteiger partial charge in [0.25, 0.3) is 11.8 Å². The summed E-state index contributed by atoms with van der Waals surface area (Å²) in [6, 6.07) is 13.4. The van der Waals surface area contributed by atoms with Crippen molar-refractivity contribution >= 4 is 33.7 Å². The van der Waals surface area contributed by atoms with E-state index in [-0.39, 0.29) is 0 Å². The second-order valence-electron chi connectivity index (χ2n) is 4.95. The maximum atomic E-state index is 11.8. The van der Waals surface area contributed by atoms with Crippen LogP contribution in [-0.2, 0) is 9.53 Å². The van der Waals surface area contributed by atoms with Gasteiger partial charge in [-0.15, -0.1) is 0 Å². The fraction of sp³-hybridized carbons (Fsp3) is 0.118. The Labute approximate surface area is 147 Å². The maximum Gasteiger partial charge on any atom is 0.338 e. The number of hydrogen-bond donors (Lipinski definition) is 2. The first-order valence-electron chi connectivity index (χ1n) is 7.04. The number of aryl methyl sites for hydroxylation is 1. The minimum atomic E-state index is -0.638. The van der Waals surface area contributed by atoms with Gasteiger partial charge in [-0.05, 0) is 43.3 Å². The molecular formula is C17H15BrN2O4. The monoisotopic (exact) mass is 390 g/mol. The zero-order valence-electron chi connectivity index (χ0n) is 12.8. The molecule has 6 nitrogen and oxygen atoms in total. The van der Waals surface area contributed by atoms with E-state index in [0.717, 1.165) is 10.0 Å². The van der Waals surface area contributed by atoms with E-state index in [0.29, 0.717) is 11.1 Å². The number of nitrogens with one attached hydrogen (secondary N) is 2. The van der Waals surface area contributed by atoms with Gasteiger partial charge >= 0.3 is 5.97 Å². The van der Waals surface area contributed by atoms with Crippen molar-refractivity contribution in [2.24, 2.45) is 0 Å². The summed E-state index contributed by atoms with van der Waals surface area (Å²) < 4.78 is 5.71. The van der Waals surface area contributed by atoms with Gasteiger partial charge in [0.05, 0.1) is 5.56 Å². The molecule has 2 aromatic carbocycles. The number of carbonyl (C=O) groups excluding carboxylic acids is 3. The Morgan fingerprint density at radius 3 is 2.12 bits per heavy atom. The number of hydrazine groups is 1. The van der Waals surface area contributed by atoms with E-state index < -0.39 is 24.4 Å². The molecule has 0 saturated carbocycles.